The summed E-state index contributed by atoms with van der Waals surface area (Å²) >= 11 is 0. The lowest BCUT2D eigenvalue weighted by Crippen LogP contribution is -2.48. The van der Waals surface area contributed by atoms with Crippen LogP contribution < -0.4 is 20.3 Å². The molecule has 6 aromatic carbocycles. The van der Waals surface area contributed by atoms with Gasteiger partial charge in [0.25, 0.3) is 20.0 Å². The van der Waals surface area contributed by atoms with Crippen molar-refractivity contribution in [3.05, 3.63) is 213 Å². The zero-order valence-corrected chi connectivity index (χ0v) is 44.9. The Labute approximate surface area is 450 Å². The first-order valence-corrected chi connectivity index (χ1v) is 26.9. The number of H-pyrrole nitrogens is 1. The molecule has 1 aromatic heterocycles. The molecular formula is C61H63N6O9P. The van der Waals surface area contributed by atoms with E-state index in [9.17, 15) is 14.9 Å². The van der Waals surface area contributed by atoms with Gasteiger partial charge in [-0.1, -0.05) is 121 Å². The van der Waals surface area contributed by atoms with Crippen molar-refractivity contribution in [2.75, 3.05) is 39.4 Å². The first kappa shape index (κ1) is 54.1. The fourth-order valence-electron chi connectivity index (χ4n) is 10.6. The Hall–Kier alpha value is -7.70. The monoisotopic (exact) mass is 1050 g/mol. The zero-order chi connectivity index (χ0) is 54.1. The molecule has 2 amide bonds. The zero-order valence-electron chi connectivity index (χ0n) is 44.0. The third kappa shape index (κ3) is 11.5. The highest BCUT2D eigenvalue weighted by molar-refractivity contribution is 7.44. The van der Waals surface area contributed by atoms with Gasteiger partial charge in [-0.25, -0.2) is 14.4 Å². The van der Waals surface area contributed by atoms with Crippen molar-refractivity contribution in [1.82, 2.24) is 19.5 Å². The number of aromatic amines is 1. The molecule has 77 heavy (non-hydrogen) atoms. The summed E-state index contributed by atoms with van der Waals surface area (Å²) in [5, 5.41) is 12.4. The van der Waals surface area contributed by atoms with E-state index in [2.05, 4.69) is 78.0 Å². The Morgan fingerprint density at radius 3 is 1.84 bits per heavy atom. The predicted molar refractivity (Wildman–Crippen MR) is 296 cm³/mol. The van der Waals surface area contributed by atoms with E-state index in [1.54, 1.807) is 49.5 Å². The van der Waals surface area contributed by atoms with Gasteiger partial charge in [-0.15, -0.1) is 0 Å². The van der Waals surface area contributed by atoms with Gasteiger partial charge in [0.05, 0.1) is 63.7 Å². The molecule has 0 radical (unpaired) electrons. The van der Waals surface area contributed by atoms with Crippen LogP contribution in [0.2, 0.25) is 0 Å². The van der Waals surface area contributed by atoms with Gasteiger partial charge < -0.3 is 28.0 Å². The molecule has 2 N–H and O–H groups in total. The fraction of sp³-hybridized carbons (Fsp3) is 0.295. The molecule has 0 spiro atoms. The number of methoxy groups -OCH3 is 2. The van der Waals surface area contributed by atoms with E-state index in [1.807, 2.05) is 103 Å². The Kier molecular flexibility index (Phi) is 17.2. The molecule has 1 aliphatic heterocycles. The number of fused-ring (bicyclic) bond motifs is 3. The van der Waals surface area contributed by atoms with Gasteiger partial charge in [-0.2, -0.15) is 5.26 Å². The van der Waals surface area contributed by atoms with Crippen molar-refractivity contribution in [3.63, 3.8) is 0 Å². The Morgan fingerprint density at radius 1 is 0.753 bits per heavy atom. The van der Waals surface area contributed by atoms with Crippen LogP contribution in [0.3, 0.4) is 0 Å². The lowest BCUT2D eigenvalue weighted by Gasteiger charge is -2.40. The maximum atomic E-state index is 15.7. The Bertz CT molecular complexity index is 3130. The van der Waals surface area contributed by atoms with Gasteiger partial charge in [-0.05, 0) is 103 Å². The number of nitriles is 1. The average molecular weight is 1060 g/mol. The molecule has 396 valence electrons. The van der Waals surface area contributed by atoms with E-state index >= 15 is 4.79 Å². The third-order valence-electron chi connectivity index (χ3n) is 14.1. The standard InChI is InChI=1S/C61H63N6O9P/c1-40(2)67(41(3)4)77(75-35-17-34-62)76-56-36-54(52-37-63-59(65-58(52)69)64-57(68)42-18-9-7-10-19-42)66(60(70)73-38-53-50-24-15-13-22-48(50)49-23-14-16-25-51(49)53)55(56)39-74-61(43-20-11-8-12-21-43,44-26-30-46(71-5)31-27-44)45-28-32-47(72-6)33-29-45/h7-16,18-33,37,40-41,53-56H,17,35-36,38-39H2,1-6H3,(H2,63,64,65,68,69)/t54-,55-,56+,77?/m1/s1. The van der Waals surface area contributed by atoms with E-state index in [0.717, 1.165) is 38.9 Å². The summed E-state index contributed by atoms with van der Waals surface area (Å²) in [7, 11) is 1.32. The number of benzene rings is 6. The van der Waals surface area contributed by atoms with Crippen LogP contribution in [0.1, 0.15) is 96.2 Å². The van der Waals surface area contributed by atoms with E-state index in [1.165, 1.54) is 6.20 Å². The molecule has 7 aromatic rings. The summed E-state index contributed by atoms with van der Waals surface area (Å²) in [6, 6.07) is 50.1. The number of nitrogens with one attached hydrogen (secondary N) is 2. The summed E-state index contributed by atoms with van der Waals surface area (Å²) in [5.41, 5.74) is 5.10. The highest BCUT2D eigenvalue weighted by atomic mass is 31.2. The number of carbonyl (C=O) groups excluding carboxylic acids is 2. The number of amides is 2. The predicted octanol–water partition coefficient (Wildman–Crippen LogP) is 11.8. The van der Waals surface area contributed by atoms with E-state index in [4.69, 9.17) is 28.0 Å². The van der Waals surface area contributed by atoms with Gasteiger partial charge in [-0.3, -0.25) is 24.8 Å². The number of hydrogen-bond donors (Lipinski definition) is 2. The molecule has 2 aliphatic rings. The Balaban J connectivity index is 1.19. The molecule has 16 heteroatoms. The van der Waals surface area contributed by atoms with Crippen molar-refractivity contribution in [2.45, 2.75) is 82.3 Å². The lowest BCUT2D eigenvalue weighted by molar-refractivity contribution is -0.0366. The first-order chi connectivity index (χ1) is 37.4. The van der Waals surface area contributed by atoms with Crippen molar-refractivity contribution in [1.29, 1.82) is 5.26 Å². The molecule has 1 unspecified atom stereocenters. The highest BCUT2D eigenvalue weighted by Crippen LogP contribution is 2.52. The summed E-state index contributed by atoms with van der Waals surface area (Å²) in [5.74, 6) is 0.473. The molecule has 15 nitrogen and oxygen atoms in total. The third-order valence-corrected chi connectivity index (χ3v) is 16.3. The van der Waals surface area contributed by atoms with Gasteiger partial charge in [0.2, 0.25) is 5.95 Å². The molecular weight excluding hydrogens is 992 g/mol. The van der Waals surface area contributed by atoms with Gasteiger partial charge in [0.1, 0.15) is 23.7 Å². The summed E-state index contributed by atoms with van der Waals surface area (Å²) in [6.45, 7) is 8.11. The van der Waals surface area contributed by atoms with Crippen LogP contribution in [-0.2, 0) is 24.1 Å². The van der Waals surface area contributed by atoms with Crippen LogP contribution >= 0.6 is 8.53 Å². The largest absolute Gasteiger partial charge is 0.497 e. The van der Waals surface area contributed by atoms with E-state index < -0.39 is 49.9 Å². The van der Waals surface area contributed by atoms with Crippen molar-refractivity contribution < 1.29 is 37.6 Å². The molecule has 1 fully saturated rings. The molecule has 4 atom stereocenters. The maximum absolute atomic E-state index is 15.7. The minimum Gasteiger partial charge on any atom is -0.497 e. The lowest BCUT2D eigenvalue weighted by atomic mass is 9.80. The van der Waals surface area contributed by atoms with Crippen LogP contribution in [0, 0.1) is 11.3 Å². The minimum absolute atomic E-state index is 0.0155. The first-order valence-electron chi connectivity index (χ1n) is 25.8. The minimum atomic E-state index is -1.91. The number of hydrogen-bond acceptors (Lipinski definition) is 12. The maximum Gasteiger partial charge on any atom is 0.410 e. The second kappa shape index (κ2) is 24.5. The normalized spacial score (nSPS) is 16.5. The van der Waals surface area contributed by atoms with Crippen molar-refractivity contribution >= 4 is 26.5 Å². The number of likely N-dealkylation sites (tertiary alicyclic amines) is 1. The SMILES string of the molecule is COc1ccc(C(OC[C@@H]2[C@@H](OP(OCCC#N)N(C(C)C)C(C)C)C[C@H](c3cnc(NC(=O)c4ccccc4)[nH]c3=O)N2C(=O)OCC2c3ccccc3-c3ccccc32)(c2ccccc2)c2ccc(OC)cc2)cc1. The topological polar surface area (TPSA) is 178 Å². The molecule has 1 saturated heterocycles. The Morgan fingerprint density at radius 2 is 1.30 bits per heavy atom. The molecule has 0 bridgehead atoms. The number of rotatable bonds is 21. The summed E-state index contributed by atoms with van der Waals surface area (Å²) in [6.07, 6.45) is 0.00148. The van der Waals surface area contributed by atoms with Crippen LogP contribution in [-0.4, -0.2) is 89.8 Å². The van der Waals surface area contributed by atoms with Gasteiger partial charge >= 0.3 is 6.09 Å². The quantitative estimate of drug-likeness (QED) is 0.0396. The van der Waals surface area contributed by atoms with E-state index in [0.29, 0.717) is 17.1 Å². The second-order valence-corrected chi connectivity index (χ2v) is 20.8. The number of aromatic nitrogens is 2. The van der Waals surface area contributed by atoms with Crippen molar-refractivity contribution in [2.24, 2.45) is 0 Å². The summed E-state index contributed by atoms with van der Waals surface area (Å²) in [4.78, 5) is 52.5. The number of nitrogens with zero attached hydrogens (tertiary/aromatic N) is 4. The number of ether oxygens (including phenoxy) is 4. The van der Waals surface area contributed by atoms with Crippen LogP contribution in [0.5, 0.6) is 11.5 Å². The van der Waals surface area contributed by atoms with E-state index in [-0.39, 0.29) is 62.2 Å². The highest BCUT2D eigenvalue weighted by Gasteiger charge is 2.51. The number of carbonyl (C=O) groups is 2. The van der Waals surface area contributed by atoms with Crippen molar-refractivity contribution in [3.8, 4) is 28.7 Å². The molecule has 2 heterocycles. The fourth-order valence-corrected chi connectivity index (χ4v) is 12.3. The second-order valence-electron chi connectivity index (χ2n) is 19.4. The molecule has 1 aliphatic carbocycles. The smallest absolute Gasteiger partial charge is 0.410 e. The summed E-state index contributed by atoms with van der Waals surface area (Å²) < 4.78 is 41.4. The van der Waals surface area contributed by atoms with Crippen LogP contribution in [0.4, 0.5) is 10.7 Å². The average Bonchev–Trinajstić information content (AvgIpc) is 3.97. The van der Waals surface area contributed by atoms with Crippen LogP contribution in [0.15, 0.2) is 169 Å². The molecule has 9 rings (SSSR count). The van der Waals surface area contributed by atoms with Gasteiger partial charge in [0.15, 0.2) is 0 Å². The number of anilines is 1. The van der Waals surface area contributed by atoms with Crippen LogP contribution in [0.25, 0.3) is 11.1 Å². The molecule has 0 saturated carbocycles. The van der Waals surface area contributed by atoms with Gasteiger partial charge in [0, 0.05) is 36.2 Å².